The van der Waals surface area contributed by atoms with Crippen molar-refractivity contribution in [3.63, 3.8) is 0 Å². The zero-order chi connectivity index (χ0) is 14.4. The summed E-state index contributed by atoms with van der Waals surface area (Å²) in [6.07, 6.45) is -2.49. The van der Waals surface area contributed by atoms with Crippen molar-refractivity contribution in [3.8, 4) is 0 Å². The Morgan fingerprint density at radius 3 is 2.68 bits per heavy atom. The van der Waals surface area contributed by atoms with Gasteiger partial charge >= 0.3 is 5.97 Å². The largest absolute Gasteiger partial charge is 0.458 e. The average Bonchev–Trinajstić information content (AvgIpc) is 2.98. The van der Waals surface area contributed by atoms with Crippen LogP contribution in [0.25, 0.3) is 0 Å². The third-order valence-electron chi connectivity index (χ3n) is 2.99. The van der Waals surface area contributed by atoms with Crippen molar-refractivity contribution in [1.82, 2.24) is 5.32 Å². The Labute approximate surface area is 113 Å². The van der Waals surface area contributed by atoms with Gasteiger partial charge in [0.15, 0.2) is 6.10 Å². The number of esters is 1. The molecule has 2 saturated heterocycles. The minimum Gasteiger partial charge on any atom is -0.458 e. The van der Waals surface area contributed by atoms with E-state index in [0.717, 1.165) is 0 Å². The van der Waals surface area contributed by atoms with Crippen molar-refractivity contribution in [3.05, 3.63) is 0 Å². The van der Waals surface area contributed by atoms with Crippen molar-refractivity contribution in [1.29, 1.82) is 0 Å². The number of carbonyl (C=O) groups is 1. The molecule has 2 aliphatic heterocycles. The van der Waals surface area contributed by atoms with E-state index in [1.807, 2.05) is 13.8 Å². The zero-order valence-corrected chi connectivity index (χ0v) is 12.1. The lowest BCUT2D eigenvalue weighted by atomic mass is 10.1. The van der Waals surface area contributed by atoms with Crippen LogP contribution in [0.1, 0.15) is 34.6 Å². The molecule has 2 heterocycles. The maximum Gasteiger partial charge on any atom is 0.338 e. The third-order valence-corrected chi connectivity index (χ3v) is 2.99. The van der Waals surface area contributed by atoms with E-state index in [-0.39, 0.29) is 12.3 Å². The van der Waals surface area contributed by atoms with Crippen LogP contribution in [-0.4, -0.2) is 53.4 Å². The molecule has 2 N–H and O–H groups in total. The highest BCUT2D eigenvalue weighted by atomic mass is 16.7. The molecule has 0 bridgehead atoms. The van der Waals surface area contributed by atoms with Gasteiger partial charge in [0.05, 0.1) is 5.60 Å². The second kappa shape index (κ2) is 4.70. The van der Waals surface area contributed by atoms with Crippen LogP contribution in [0.15, 0.2) is 0 Å². The van der Waals surface area contributed by atoms with Gasteiger partial charge in [-0.1, -0.05) is 0 Å². The number of hydrogen-bond acceptors (Lipinski definition) is 6. The SMILES string of the molecule is CC(C)(C)OC(=O)C(O)C1OC(C)(C)CNC2OC21. The number of carbonyl (C=O) groups excluding carboxylic acids is 1. The second-order valence-corrected chi connectivity index (χ2v) is 6.72. The molecule has 0 saturated carbocycles. The number of ether oxygens (including phenoxy) is 3. The number of aliphatic hydroxyl groups is 1. The highest BCUT2D eigenvalue weighted by Gasteiger charge is 2.54. The van der Waals surface area contributed by atoms with Gasteiger partial charge < -0.3 is 19.3 Å². The summed E-state index contributed by atoms with van der Waals surface area (Å²) in [4.78, 5) is 11.9. The van der Waals surface area contributed by atoms with Crippen LogP contribution in [-0.2, 0) is 19.0 Å². The summed E-state index contributed by atoms with van der Waals surface area (Å²) in [5, 5.41) is 13.3. The van der Waals surface area contributed by atoms with Crippen molar-refractivity contribution in [2.45, 2.75) is 70.4 Å². The summed E-state index contributed by atoms with van der Waals surface area (Å²) >= 11 is 0. The van der Waals surface area contributed by atoms with Crippen molar-refractivity contribution in [2.75, 3.05) is 6.54 Å². The first kappa shape index (κ1) is 14.7. The number of fused-ring (bicyclic) bond motifs is 1. The van der Waals surface area contributed by atoms with Gasteiger partial charge in [0.1, 0.15) is 24.0 Å². The Morgan fingerprint density at radius 1 is 1.47 bits per heavy atom. The summed E-state index contributed by atoms with van der Waals surface area (Å²) in [6.45, 7) is 9.68. The van der Waals surface area contributed by atoms with Crippen LogP contribution in [0.4, 0.5) is 0 Å². The number of hydrogen-bond donors (Lipinski definition) is 2. The normalized spacial score (nSPS) is 34.9. The Bertz CT molecular complexity index is 363. The standard InChI is InChI=1S/C13H23NO5/c1-12(2,3)19-11(16)7(15)8-9-10(17-9)14-6-13(4,5)18-8/h7-10,14-15H,6H2,1-5H3. The lowest BCUT2D eigenvalue weighted by Gasteiger charge is -2.31. The van der Waals surface area contributed by atoms with Gasteiger partial charge in [0, 0.05) is 6.54 Å². The molecular weight excluding hydrogens is 250 g/mol. The van der Waals surface area contributed by atoms with Crippen LogP contribution in [0.5, 0.6) is 0 Å². The zero-order valence-electron chi connectivity index (χ0n) is 12.1. The Hall–Kier alpha value is -0.690. The van der Waals surface area contributed by atoms with E-state index < -0.39 is 29.4 Å². The smallest absolute Gasteiger partial charge is 0.338 e. The minimum absolute atomic E-state index is 0.149. The van der Waals surface area contributed by atoms with Crippen LogP contribution < -0.4 is 5.32 Å². The van der Waals surface area contributed by atoms with E-state index in [1.165, 1.54) is 0 Å². The van der Waals surface area contributed by atoms with Gasteiger partial charge in [0.25, 0.3) is 0 Å². The third kappa shape index (κ3) is 3.66. The molecule has 0 aliphatic carbocycles. The predicted octanol–water partition coefficient (Wildman–Crippen LogP) is 0.181. The molecule has 2 fully saturated rings. The van der Waals surface area contributed by atoms with Crippen molar-refractivity contribution < 1.29 is 24.1 Å². The lowest BCUT2D eigenvalue weighted by molar-refractivity contribution is -0.182. The van der Waals surface area contributed by atoms with Crippen molar-refractivity contribution in [2.24, 2.45) is 0 Å². The van der Waals surface area contributed by atoms with Gasteiger partial charge in [-0.2, -0.15) is 0 Å². The fourth-order valence-corrected chi connectivity index (χ4v) is 2.10. The quantitative estimate of drug-likeness (QED) is 0.552. The summed E-state index contributed by atoms with van der Waals surface area (Å²) in [6, 6.07) is 0. The summed E-state index contributed by atoms with van der Waals surface area (Å²) in [7, 11) is 0. The molecule has 6 nitrogen and oxygen atoms in total. The Balaban J connectivity index is 2.04. The molecule has 2 rings (SSSR count). The van der Waals surface area contributed by atoms with Crippen molar-refractivity contribution >= 4 is 5.97 Å². The Morgan fingerprint density at radius 2 is 2.11 bits per heavy atom. The molecule has 2 aliphatic rings. The van der Waals surface area contributed by atoms with E-state index in [1.54, 1.807) is 20.8 Å². The highest BCUT2D eigenvalue weighted by molar-refractivity contribution is 5.75. The summed E-state index contributed by atoms with van der Waals surface area (Å²) in [5.41, 5.74) is -1.11. The number of epoxide rings is 1. The van der Waals surface area contributed by atoms with Crippen LogP contribution in [0.3, 0.4) is 0 Å². The van der Waals surface area contributed by atoms with Crippen LogP contribution in [0.2, 0.25) is 0 Å². The van der Waals surface area contributed by atoms with Crippen LogP contribution >= 0.6 is 0 Å². The molecule has 0 amide bonds. The molecule has 6 heteroatoms. The van der Waals surface area contributed by atoms with Gasteiger partial charge in [-0.3, -0.25) is 5.32 Å². The maximum absolute atomic E-state index is 11.9. The molecule has 0 aromatic rings. The van der Waals surface area contributed by atoms with E-state index >= 15 is 0 Å². The first-order valence-electron chi connectivity index (χ1n) is 6.57. The molecule has 19 heavy (non-hydrogen) atoms. The number of aliphatic hydroxyl groups excluding tert-OH is 1. The topological polar surface area (TPSA) is 80.3 Å². The first-order chi connectivity index (χ1) is 8.59. The maximum atomic E-state index is 11.9. The summed E-state index contributed by atoms with van der Waals surface area (Å²) < 4.78 is 16.4. The number of nitrogens with one attached hydrogen (secondary N) is 1. The Kier molecular flexibility index (Phi) is 3.64. The molecule has 0 aromatic heterocycles. The second-order valence-electron chi connectivity index (χ2n) is 6.72. The summed E-state index contributed by atoms with van der Waals surface area (Å²) in [5.74, 6) is -0.676. The fraction of sp³-hybridized carbons (Fsp3) is 0.923. The van der Waals surface area contributed by atoms with E-state index in [4.69, 9.17) is 14.2 Å². The van der Waals surface area contributed by atoms with E-state index in [0.29, 0.717) is 6.54 Å². The van der Waals surface area contributed by atoms with Gasteiger partial charge in [0.2, 0.25) is 0 Å². The molecular formula is C13H23NO5. The van der Waals surface area contributed by atoms with Gasteiger partial charge in [-0.15, -0.1) is 0 Å². The van der Waals surface area contributed by atoms with E-state index in [2.05, 4.69) is 5.32 Å². The monoisotopic (exact) mass is 273 g/mol. The lowest BCUT2D eigenvalue weighted by Crippen LogP contribution is -2.47. The van der Waals surface area contributed by atoms with E-state index in [9.17, 15) is 9.90 Å². The number of rotatable bonds is 2. The molecule has 0 radical (unpaired) electrons. The molecule has 0 spiro atoms. The first-order valence-corrected chi connectivity index (χ1v) is 6.57. The van der Waals surface area contributed by atoms with Gasteiger partial charge in [-0.25, -0.2) is 4.79 Å². The van der Waals surface area contributed by atoms with Gasteiger partial charge in [-0.05, 0) is 34.6 Å². The average molecular weight is 273 g/mol. The van der Waals surface area contributed by atoms with Crippen LogP contribution in [0, 0.1) is 0 Å². The fourth-order valence-electron chi connectivity index (χ4n) is 2.10. The molecule has 4 unspecified atom stereocenters. The highest BCUT2D eigenvalue weighted by Crippen LogP contribution is 2.33. The molecule has 4 atom stereocenters. The minimum atomic E-state index is -1.34. The molecule has 0 aromatic carbocycles. The predicted molar refractivity (Wildman–Crippen MR) is 67.5 cm³/mol. The molecule has 110 valence electrons.